The van der Waals surface area contributed by atoms with Crippen LogP contribution in [-0.2, 0) is 16.1 Å². The summed E-state index contributed by atoms with van der Waals surface area (Å²) in [6, 6.07) is 23.4. The van der Waals surface area contributed by atoms with Crippen LogP contribution in [0.2, 0.25) is 0 Å². The Hall–Kier alpha value is -4.79. The Labute approximate surface area is 225 Å². The number of amides is 6. The van der Waals surface area contributed by atoms with E-state index in [9.17, 15) is 24.0 Å². The topological polar surface area (TPSA) is 107 Å². The van der Waals surface area contributed by atoms with E-state index in [4.69, 9.17) is 0 Å². The third kappa shape index (κ3) is 4.35. The van der Waals surface area contributed by atoms with Crippen molar-refractivity contribution in [2.45, 2.75) is 31.5 Å². The second kappa shape index (κ2) is 9.83. The highest BCUT2D eigenvalue weighted by Crippen LogP contribution is 2.33. The van der Waals surface area contributed by atoms with Gasteiger partial charge in [0.1, 0.15) is 6.04 Å². The van der Waals surface area contributed by atoms with Crippen molar-refractivity contribution in [3.8, 4) is 0 Å². The fourth-order valence-electron chi connectivity index (χ4n) is 5.65. The van der Waals surface area contributed by atoms with E-state index >= 15 is 0 Å². The molecule has 0 radical (unpaired) electrons. The first-order valence-electron chi connectivity index (χ1n) is 12.9. The molecule has 0 saturated carbocycles. The molecule has 3 aliphatic heterocycles. The molecule has 1 atom stereocenters. The Morgan fingerprint density at radius 3 is 2.05 bits per heavy atom. The zero-order chi connectivity index (χ0) is 27.1. The van der Waals surface area contributed by atoms with Crippen LogP contribution in [0.15, 0.2) is 78.9 Å². The molecule has 0 bridgehead atoms. The fraction of sp³-hybridized carbons (Fsp3) is 0.233. The van der Waals surface area contributed by atoms with Gasteiger partial charge < -0.3 is 9.80 Å². The number of fused-ring (bicyclic) bond motifs is 1. The number of nitrogens with zero attached hydrogens (tertiary/aromatic N) is 3. The van der Waals surface area contributed by atoms with Gasteiger partial charge in [-0.05, 0) is 35.2 Å². The predicted octanol–water partition coefficient (Wildman–Crippen LogP) is 3.12. The first-order chi connectivity index (χ1) is 18.9. The van der Waals surface area contributed by atoms with Gasteiger partial charge in [-0.1, -0.05) is 66.7 Å². The summed E-state index contributed by atoms with van der Waals surface area (Å²) in [6.45, 7) is 1.33. The van der Waals surface area contributed by atoms with Crippen molar-refractivity contribution >= 4 is 29.7 Å². The Morgan fingerprint density at radius 1 is 0.769 bits per heavy atom. The number of carbonyl (C=O) groups is 5. The fourth-order valence-corrected chi connectivity index (χ4v) is 5.65. The second-order valence-electron chi connectivity index (χ2n) is 9.95. The van der Waals surface area contributed by atoms with Crippen molar-refractivity contribution in [3.05, 3.63) is 107 Å². The Morgan fingerprint density at radius 2 is 1.41 bits per heavy atom. The van der Waals surface area contributed by atoms with E-state index in [1.54, 1.807) is 23.1 Å². The molecule has 0 aromatic heterocycles. The lowest BCUT2D eigenvalue weighted by Gasteiger charge is -2.29. The minimum Gasteiger partial charge on any atom is -0.319 e. The highest BCUT2D eigenvalue weighted by molar-refractivity contribution is 6.23. The molecule has 1 unspecified atom stereocenters. The van der Waals surface area contributed by atoms with E-state index in [0.717, 1.165) is 16.0 Å². The van der Waals surface area contributed by atoms with E-state index in [1.807, 2.05) is 65.6 Å². The van der Waals surface area contributed by atoms with Crippen LogP contribution in [0.3, 0.4) is 0 Å². The summed E-state index contributed by atoms with van der Waals surface area (Å²) >= 11 is 0. The number of rotatable bonds is 6. The molecule has 3 aliphatic rings. The average Bonchev–Trinajstić information content (AvgIpc) is 3.41. The summed E-state index contributed by atoms with van der Waals surface area (Å²) < 4.78 is 0. The van der Waals surface area contributed by atoms with E-state index < -0.39 is 29.7 Å². The molecule has 9 heteroatoms. The number of imide groups is 2. The first kappa shape index (κ1) is 24.5. The number of benzene rings is 3. The maximum atomic E-state index is 13.6. The highest BCUT2D eigenvalue weighted by atomic mass is 16.2. The molecule has 2 saturated heterocycles. The van der Waals surface area contributed by atoms with Crippen LogP contribution in [0, 0.1) is 0 Å². The molecule has 0 spiro atoms. The molecule has 6 amide bonds. The molecule has 39 heavy (non-hydrogen) atoms. The largest absolute Gasteiger partial charge is 0.321 e. The van der Waals surface area contributed by atoms with Gasteiger partial charge in [-0.15, -0.1) is 0 Å². The van der Waals surface area contributed by atoms with Gasteiger partial charge >= 0.3 is 6.03 Å². The number of nitrogens with one attached hydrogen (secondary N) is 1. The number of piperidine rings is 1. The molecule has 9 nitrogen and oxygen atoms in total. The second-order valence-corrected chi connectivity index (χ2v) is 9.95. The molecule has 3 aromatic carbocycles. The number of carbonyl (C=O) groups excluding carboxylic acids is 5. The summed E-state index contributed by atoms with van der Waals surface area (Å²) in [5, 5.41) is 2.20. The molecule has 3 aromatic rings. The van der Waals surface area contributed by atoms with Crippen LogP contribution in [-0.4, -0.2) is 63.5 Å². The molecule has 6 rings (SSSR count). The molecule has 2 fully saturated rings. The van der Waals surface area contributed by atoms with Gasteiger partial charge in [0.05, 0.1) is 17.2 Å². The van der Waals surface area contributed by atoms with E-state index in [2.05, 4.69) is 5.32 Å². The molecule has 0 aliphatic carbocycles. The van der Waals surface area contributed by atoms with Gasteiger partial charge in [0.25, 0.3) is 11.8 Å². The van der Waals surface area contributed by atoms with Crippen molar-refractivity contribution < 1.29 is 24.0 Å². The predicted molar refractivity (Wildman–Crippen MR) is 140 cm³/mol. The first-order valence-corrected chi connectivity index (χ1v) is 12.9. The SMILES string of the molecule is O=C1CCC(N2C(=O)c3ccc(CN4CCN(C(c5ccccc5)c5ccccc5)C4=O)cc3C2=O)C(=O)N1. The maximum Gasteiger partial charge on any atom is 0.321 e. The van der Waals surface area contributed by atoms with Gasteiger partial charge in [0.15, 0.2) is 0 Å². The van der Waals surface area contributed by atoms with Crippen molar-refractivity contribution in [2.24, 2.45) is 0 Å². The van der Waals surface area contributed by atoms with Crippen LogP contribution in [0.4, 0.5) is 4.79 Å². The van der Waals surface area contributed by atoms with Crippen molar-refractivity contribution in [1.29, 1.82) is 0 Å². The summed E-state index contributed by atoms with van der Waals surface area (Å²) in [5.74, 6) is -2.17. The van der Waals surface area contributed by atoms with Gasteiger partial charge in [-0.2, -0.15) is 0 Å². The highest BCUT2D eigenvalue weighted by Gasteiger charge is 2.45. The quantitative estimate of drug-likeness (QED) is 0.501. The Balaban J connectivity index is 1.22. The van der Waals surface area contributed by atoms with E-state index in [-0.39, 0.29) is 42.6 Å². The Bertz CT molecular complexity index is 1450. The number of hydrogen-bond acceptors (Lipinski definition) is 5. The third-order valence-corrected chi connectivity index (χ3v) is 7.55. The van der Waals surface area contributed by atoms with Crippen molar-refractivity contribution in [2.75, 3.05) is 13.1 Å². The van der Waals surface area contributed by atoms with Crippen LogP contribution in [0.25, 0.3) is 0 Å². The standard InChI is InChI=1S/C30H26N4O5/c35-25-14-13-24(27(36)31-25)34-28(37)22-12-11-19(17-23(22)29(34)38)18-32-15-16-33(30(32)39)26(20-7-3-1-4-8-20)21-9-5-2-6-10-21/h1-12,17,24,26H,13-16,18H2,(H,31,35,36). The van der Waals surface area contributed by atoms with Crippen LogP contribution >= 0.6 is 0 Å². The van der Waals surface area contributed by atoms with Gasteiger partial charge in [-0.3, -0.25) is 29.4 Å². The van der Waals surface area contributed by atoms with Crippen molar-refractivity contribution in [1.82, 2.24) is 20.0 Å². The lowest BCUT2D eigenvalue weighted by Crippen LogP contribution is -2.54. The van der Waals surface area contributed by atoms with Crippen LogP contribution in [0.1, 0.15) is 56.3 Å². The summed E-state index contributed by atoms with van der Waals surface area (Å²) in [4.78, 5) is 68.2. The normalized spacial score (nSPS) is 19.3. The lowest BCUT2D eigenvalue weighted by atomic mass is 9.97. The molecule has 196 valence electrons. The van der Waals surface area contributed by atoms with Crippen molar-refractivity contribution in [3.63, 3.8) is 0 Å². The van der Waals surface area contributed by atoms with E-state index in [1.165, 1.54) is 0 Å². The molecular formula is C30H26N4O5. The molecule has 1 N–H and O–H groups in total. The monoisotopic (exact) mass is 522 g/mol. The summed E-state index contributed by atoms with van der Waals surface area (Å²) in [7, 11) is 0. The Kier molecular flexibility index (Phi) is 6.18. The van der Waals surface area contributed by atoms with Crippen LogP contribution < -0.4 is 5.32 Å². The lowest BCUT2D eigenvalue weighted by molar-refractivity contribution is -0.136. The smallest absolute Gasteiger partial charge is 0.319 e. The molecular weight excluding hydrogens is 496 g/mol. The van der Waals surface area contributed by atoms with Gasteiger partial charge in [0, 0.05) is 26.1 Å². The van der Waals surface area contributed by atoms with E-state index in [0.29, 0.717) is 18.7 Å². The minimum absolute atomic E-state index is 0.0651. The zero-order valence-electron chi connectivity index (χ0n) is 21.1. The summed E-state index contributed by atoms with van der Waals surface area (Å²) in [5.41, 5.74) is 3.18. The molecule has 3 heterocycles. The van der Waals surface area contributed by atoms with Crippen LogP contribution in [0.5, 0.6) is 0 Å². The third-order valence-electron chi connectivity index (χ3n) is 7.55. The average molecular weight is 523 g/mol. The zero-order valence-corrected chi connectivity index (χ0v) is 21.1. The maximum absolute atomic E-state index is 13.6. The minimum atomic E-state index is -1.01. The number of urea groups is 1. The van der Waals surface area contributed by atoms with Gasteiger partial charge in [0.2, 0.25) is 11.8 Å². The van der Waals surface area contributed by atoms with Gasteiger partial charge in [-0.25, -0.2) is 4.79 Å². The summed E-state index contributed by atoms with van der Waals surface area (Å²) in [6.07, 6.45) is 0.167. The number of hydrogen-bond donors (Lipinski definition) is 1.